The van der Waals surface area contributed by atoms with E-state index in [1.54, 1.807) is 29.2 Å². The Bertz CT molecular complexity index is 1230. The van der Waals surface area contributed by atoms with Gasteiger partial charge in [-0.2, -0.15) is 0 Å². The number of rotatable bonds is 11. The fraction of sp³-hybridized carbons (Fsp3) is 0.394. The van der Waals surface area contributed by atoms with Crippen molar-refractivity contribution in [3.63, 3.8) is 0 Å². The molecule has 0 bridgehead atoms. The molecular weight excluding hydrogens is 489 g/mol. The van der Waals surface area contributed by atoms with Crippen LogP contribution in [0.5, 0.6) is 0 Å². The van der Waals surface area contributed by atoms with Crippen molar-refractivity contribution in [3.8, 4) is 0 Å². The summed E-state index contributed by atoms with van der Waals surface area (Å²) in [6.07, 6.45) is 10.8. The summed E-state index contributed by atoms with van der Waals surface area (Å²) < 4.78 is 15.5. The van der Waals surface area contributed by atoms with Crippen LogP contribution in [0.25, 0.3) is 6.08 Å². The van der Waals surface area contributed by atoms with Gasteiger partial charge in [0.15, 0.2) is 0 Å². The van der Waals surface area contributed by atoms with E-state index in [4.69, 9.17) is 0 Å². The molecule has 0 aliphatic heterocycles. The second kappa shape index (κ2) is 13.9. The van der Waals surface area contributed by atoms with Crippen LogP contribution in [-0.4, -0.2) is 45.3 Å². The van der Waals surface area contributed by atoms with Gasteiger partial charge in [0.1, 0.15) is 12.4 Å². The van der Waals surface area contributed by atoms with Gasteiger partial charge in [-0.1, -0.05) is 75.6 Å². The molecule has 3 aromatic rings. The topological polar surface area (TPSA) is 45.6 Å². The molecule has 206 valence electrons. The Kier molecular flexibility index (Phi) is 10.1. The highest BCUT2D eigenvalue weighted by Gasteiger charge is 2.28. The molecule has 1 aromatic heterocycles. The summed E-state index contributed by atoms with van der Waals surface area (Å²) in [6, 6.07) is 20.5. The summed E-state index contributed by atoms with van der Waals surface area (Å²) >= 11 is 0. The zero-order chi connectivity index (χ0) is 27.6. The summed E-state index contributed by atoms with van der Waals surface area (Å²) in [7, 11) is 0. The van der Waals surface area contributed by atoms with E-state index in [2.05, 4.69) is 18.4 Å². The van der Waals surface area contributed by atoms with Crippen molar-refractivity contribution in [2.24, 2.45) is 5.92 Å². The van der Waals surface area contributed by atoms with E-state index in [-0.39, 0.29) is 36.1 Å². The van der Waals surface area contributed by atoms with Gasteiger partial charge in [-0.3, -0.25) is 9.59 Å². The Morgan fingerprint density at radius 1 is 0.974 bits per heavy atom. The van der Waals surface area contributed by atoms with Gasteiger partial charge in [0, 0.05) is 37.1 Å². The minimum absolute atomic E-state index is 0.0152. The number of halogens is 1. The Morgan fingerprint density at radius 2 is 1.69 bits per heavy atom. The van der Waals surface area contributed by atoms with Gasteiger partial charge < -0.3 is 14.4 Å². The van der Waals surface area contributed by atoms with Crippen LogP contribution in [-0.2, 0) is 22.7 Å². The minimum atomic E-state index is -0.250. The Hall–Kier alpha value is -3.67. The largest absolute Gasteiger partial charge is 0.345 e. The Balaban J connectivity index is 1.51. The molecule has 0 spiro atoms. The lowest BCUT2D eigenvalue weighted by Gasteiger charge is -2.36. The highest BCUT2D eigenvalue weighted by Crippen LogP contribution is 2.25. The molecular formula is C33H40FN3O2. The average Bonchev–Trinajstić information content (AvgIpc) is 3.38. The summed E-state index contributed by atoms with van der Waals surface area (Å²) in [6.45, 7) is 5.80. The van der Waals surface area contributed by atoms with Crippen LogP contribution in [0.1, 0.15) is 62.8 Å². The van der Waals surface area contributed by atoms with Gasteiger partial charge in [-0.05, 0) is 60.2 Å². The minimum Gasteiger partial charge on any atom is -0.345 e. The molecule has 2 aromatic carbocycles. The molecule has 0 atom stereocenters. The molecule has 1 heterocycles. The molecule has 4 rings (SSSR count). The van der Waals surface area contributed by atoms with Crippen LogP contribution >= 0.6 is 0 Å². The molecule has 2 amide bonds. The molecule has 0 radical (unpaired) electrons. The molecule has 1 saturated carbocycles. The summed E-state index contributed by atoms with van der Waals surface area (Å²) in [5.74, 6) is -0.176. The van der Waals surface area contributed by atoms with E-state index in [9.17, 15) is 14.0 Å². The van der Waals surface area contributed by atoms with E-state index >= 15 is 0 Å². The van der Waals surface area contributed by atoms with E-state index < -0.39 is 0 Å². The van der Waals surface area contributed by atoms with Crippen LogP contribution in [0.15, 0.2) is 79.0 Å². The zero-order valence-electron chi connectivity index (χ0n) is 23.1. The second-order valence-corrected chi connectivity index (χ2v) is 10.9. The number of benzene rings is 2. The van der Waals surface area contributed by atoms with Crippen LogP contribution in [0.2, 0.25) is 0 Å². The number of amides is 2. The highest BCUT2D eigenvalue weighted by atomic mass is 19.1. The maximum Gasteiger partial charge on any atom is 0.247 e. The number of carbonyl (C=O) groups excluding carboxylic acids is 2. The van der Waals surface area contributed by atoms with E-state index in [1.807, 2.05) is 53.6 Å². The molecule has 1 aliphatic carbocycles. The van der Waals surface area contributed by atoms with Gasteiger partial charge >= 0.3 is 0 Å². The lowest BCUT2D eigenvalue weighted by Crippen LogP contribution is -2.48. The van der Waals surface area contributed by atoms with Crippen LogP contribution in [0, 0.1) is 11.7 Å². The van der Waals surface area contributed by atoms with Crippen molar-refractivity contribution in [2.45, 2.75) is 65.1 Å². The predicted molar refractivity (Wildman–Crippen MR) is 154 cm³/mol. The fourth-order valence-electron chi connectivity index (χ4n) is 5.29. The van der Waals surface area contributed by atoms with Gasteiger partial charge in [0.25, 0.3) is 0 Å². The van der Waals surface area contributed by atoms with Crippen LogP contribution in [0.3, 0.4) is 0 Å². The van der Waals surface area contributed by atoms with Crippen molar-refractivity contribution in [3.05, 3.63) is 102 Å². The van der Waals surface area contributed by atoms with Crippen molar-refractivity contribution in [1.82, 2.24) is 14.4 Å². The van der Waals surface area contributed by atoms with E-state index in [0.717, 1.165) is 42.5 Å². The standard InChI is InChI=1S/C33H40FN3O2/c1-26(2)22-36(32(38)20-17-27-10-5-3-6-11-27)25-33(39)37(30-12-7-4-8-13-30)24-31-14-9-21-35(31)23-28-15-18-29(34)19-16-28/h3,5-6,9-11,14-21,26,30H,4,7-8,12-13,22-25H2,1-2H3. The third kappa shape index (κ3) is 8.41. The van der Waals surface area contributed by atoms with Crippen molar-refractivity contribution >= 4 is 17.9 Å². The lowest BCUT2D eigenvalue weighted by atomic mass is 9.94. The predicted octanol–water partition coefficient (Wildman–Crippen LogP) is 6.53. The number of nitrogens with zero attached hydrogens (tertiary/aromatic N) is 3. The second-order valence-electron chi connectivity index (χ2n) is 10.9. The first kappa shape index (κ1) is 28.3. The fourth-order valence-corrected chi connectivity index (χ4v) is 5.29. The summed E-state index contributed by atoms with van der Waals surface area (Å²) in [5, 5.41) is 0. The average molecular weight is 530 g/mol. The quantitative estimate of drug-likeness (QED) is 0.265. The van der Waals surface area contributed by atoms with Gasteiger partial charge in [-0.25, -0.2) is 4.39 Å². The van der Waals surface area contributed by atoms with Crippen LogP contribution < -0.4 is 0 Å². The van der Waals surface area contributed by atoms with Gasteiger partial charge in [0.2, 0.25) is 11.8 Å². The SMILES string of the molecule is CC(C)CN(CC(=O)N(Cc1cccn1Cc1ccc(F)cc1)C1CCCCC1)C(=O)C=Cc1ccccc1. The molecule has 0 unspecified atom stereocenters. The molecule has 0 N–H and O–H groups in total. The number of aromatic nitrogens is 1. The van der Waals surface area contributed by atoms with E-state index in [1.165, 1.54) is 18.6 Å². The van der Waals surface area contributed by atoms with E-state index in [0.29, 0.717) is 19.6 Å². The lowest BCUT2D eigenvalue weighted by molar-refractivity contribution is -0.141. The van der Waals surface area contributed by atoms with Crippen molar-refractivity contribution < 1.29 is 14.0 Å². The molecule has 1 fully saturated rings. The maximum absolute atomic E-state index is 13.9. The number of carbonyl (C=O) groups is 2. The first-order valence-electron chi connectivity index (χ1n) is 14.1. The van der Waals surface area contributed by atoms with Crippen molar-refractivity contribution in [1.29, 1.82) is 0 Å². The summed E-state index contributed by atoms with van der Waals surface area (Å²) in [4.78, 5) is 30.8. The monoisotopic (exact) mass is 529 g/mol. The third-order valence-electron chi connectivity index (χ3n) is 7.30. The Morgan fingerprint density at radius 3 is 2.38 bits per heavy atom. The first-order valence-corrected chi connectivity index (χ1v) is 14.1. The summed E-state index contributed by atoms with van der Waals surface area (Å²) in [5.41, 5.74) is 2.99. The number of hydrogen-bond donors (Lipinski definition) is 0. The van der Waals surface area contributed by atoms with Gasteiger partial charge in [0.05, 0.1) is 6.54 Å². The molecule has 0 saturated heterocycles. The number of hydrogen-bond acceptors (Lipinski definition) is 2. The Labute approximate surface area is 231 Å². The smallest absolute Gasteiger partial charge is 0.247 e. The molecule has 6 heteroatoms. The maximum atomic E-state index is 13.9. The zero-order valence-corrected chi connectivity index (χ0v) is 23.1. The molecule has 1 aliphatic rings. The molecule has 39 heavy (non-hydrogen) atoms. The van der Waals surface area contributed by atoms with Crippen molar-refractivity contribution in [2.75, 3.05) is 13.1 Å². The highest BCUT2D eigenvalue weighted by molar-refractivity contribution is 5.94. The normalized spacial score (nSPS) is 14.2. The van der Waals surface area contributed by atoms with Crippen LogP contribution in [0.4, 0.5) is 4.39 Å². The van der Waals surface area contributed by atoms with Gasteiger partial charge in [-0.15, -0.1) is 0 Å². The molecule has 5 nitrogen and oxygen atoms in total. The third-order valence-corrected chi connectivity index (χ3v) is 7.30. The first-order chi connectivity index (χ1) is 18.9.